The van der Waals surface area contributed by atoms with E-state index >= 15 is 0 Å². The van der Waals surface area contributed by atoms with Gasteiger partial charge in [0.1, 0.15) is 11.5 Å². The van der Waals surface area contributed by atoms with E-state index in [1.807, 2.05) is 35.2 Å². The van der Waals surface area contributed by atoms with Crippen LogP contribution in [0.15, 0.2) is 41.5 Å². The van der Waals surface area contributed by atoms with Crippen LogP contribution in [0.5, 0.6) is 23.0 Å². The first-order valence-electron chi connectivity index (χ1n) is 13.1. The average molecular weight is 540 g/mol. The molecule has 4 rings (SSSR count). The molecule has 0 N–H and O–H groups in total. The molecule has 2 aliphatic heterocycles. The van der Waals surface area contributed by atoms with Gasteiger partial charge in [0, 0.05) is 30.2 Å². The number of hydrogen-bond acceptors (Lipinski definition) is 9. The molecular formula is C29H37N3O7. The van der Waals surface area contributed by atoms with E-state index in [1.165, 1.54) is 0 Å². The lowest BCUT2D eigenvalue weighted by Crippen LogP contribution is -2.44. The molecule has 0 unspecified atom stereocenters. The standard InChI is InChI=1S/C29H37N3O7/c1-6-39-29(34)20-8-7-13-31(17-20)18-28(33)32-24(22-11-10-21(35-2)15-26(22)37-4)16-23(30-32)19-9-12-25(36-3)27(14-19)38-5/h9-12,14-15,20,24H,6-8,13,16-18H2,1-5H3/t20-,24+/m1/s1. The number of piperidine rings is 1. The van der Waals surface area contributed by atoms with Gasteiger partial charge in [-0.25, -0.2) is 5.01 Å². The summed E-state index contributed by atoms with van der Waals surface area (Å²) in [6.45, 7) is 3.52. The zero-order valence-electron chi connectivity index (χ0n) is 23.3. The van der Waals surface area contributed by atoms with Gasteiger partial charge in [-0.2, -0.15) is 5.10 Å². The summed E-state index contributed by atoms with van der Waals surface area (Å²) in [6, 6.07) is 10.8. The van der Waals surface area contributed by atoms with Crippen molar-refractivity contribution < 1.29 is 33.3 Å². The summed E-state index contributed by atoms with van der Waals surface area (Å²) in [4.78, 5) is 28.1. The van der Waals surface area contributed by atoms with Gasteiger partial charge in [0.2, 0.25) is 0 Å². The van der Waals surface area contributed by atoms with E-state index in [0.717, 1.165) is 36.2 Å². The number of rotatable bonds is 10. The lowest BCUT2D eigenvalue weighted by atomic mass is 9.96. The van der Waals surface area contributed by atoms with E-state index in [-0.39, 0.29) is 30.4 Å². The minimum atomic E-state index is -0.382. The SMILES string of the molecule is CCOC(=O)[C@@H]1CCCN(CC(=O)N2N=C(c3ccc(OC)c(OC)c3)C[C@H]2c2ccc(OC)cc2OC)C1. The highest BCUT2D eigenvalue weighted by Crippen LogP contribution is 2.40. The number of methoxy groups -OCH3 is 4. The van der Waals surface area contributed by atoms with Gasteiger partial charge >= 0.3 is 5.97 Å². The van der Waals surface area contributed by atoms with Crippen LogP contribution in [0.25, 0.3) is 0 Å². The number of benzene rings is 2. The van der Waals surface area contributed by atoms with Crippen molar-refractivity contribution in [1.29, 1.82) is 0 Å². The maximum atomic E-state index is 13.8. The summed E-state index contributed by atoms with van der Waals surface area (Å²) in [5.74, 6) is 1.88. The molecule has 10 heteroatoms. The number of carbonyl (C=O) groups is 2. The Morgan fingerprint density at radius 3 is 2.41 bits per heavy atom. The van der Waals surface area contributed by atoms with Gasteiger partial charge in [0.15, 0.2) is 11.5 Å². The predicted octanol–water partition coefficient (Wildman–Crippen LogP) is 3.67. The second-order valence-electron chi connectivity index (χ2n) is 9.51. The van der Waals surface area contributed by atoms with Crippen molar-refractivity contribution in [1.82, 2.24) is 9.91 Å². The van der Waals surface area contributed by atoms with Crippen molar-refractivity contribution in [3.8, 4) is 23.0 Å². The van der Waals surface area contributed by atoms with Crippen molar-refractivity contribution >= 4 is 17.6 Å². The molecule has 0 spiro atoms. The largest absolute Gasteiger partial charge is 0.497 e. The Hall–Kier alpha value is -3.79. The molecular weight excluding hydrogens is 502 g/mol. The van der Waals surface area contributed by atoms with E-state index in [2.05, 4.69) is 0 Å². The number of ether oxygens (including phenoxy) is 5. The van der Waals surface area contributed by atoms with Crippen molar-refractivity contribution in [3.05, 3.63) is 47.5 Å². The predicted molar refractivity (Wildman–Crippen MR) is 146 cm³/mol. The Bertz CT molecular complexity index is 1220. The molecule has 0 saturated carbocycles. The third-order valence-corrected chi connectivity index (χ3v) is 7.17. The molecule has 0 radical (unpaired) electrons. The Balaban J connectivity index is 1.63. The first kappa shape index (κ1) is 28.2. The first-order chi connectivity index (χ1) is 18.9. The summed E-state index contributed by atoms with van der Waals surface area (Å²) in [7, 11) is 6.37. The number of amides is 1. The number of likely N-dealkylation sites (tertiary alicyclic amines) is 1. The van der Waals surface area contributed by atoms with Crippen LogP contribution in [0.3, 0.4) is 0 Å². The molecule has 1 saturated heterocycles. The number of nitrogens with zero attached hydrogens (tertiary/aromatic N) is 3. The molecule has 0 aromatic heterocycles. The quantitative estimate of drug-likeness (QED) is 0.422. The number of hydrogen-bond donors (Lipinski definition) is 0. The summed E-state index contributed by atoms with van der Waals surface area (Å²) in [5.41, 5.74) is 2.41. The molecule has 1 amide bonds. The molecule has 2 aliphatic rings. The van der Waals surface area contributed by atoms with E-state index in [4.69, 9.17) is 28.8 Å². The fourth-order valence-electron chi connectivity index (χ4n) is 5.18. The highest BCUT2D eigenvalue weighted by molar-refractivity contribution is 6.03. The van der Waals surface area contributed by atoms with Gasteiger partial charge in [0.05, 0.1) is 59.3 Å². The van der Waals surface area contributed by atoms with Crippen LogP contribution in [0.4, 0.5) is 0 Å². The molecule has 210 valence electrons. The second-order valence-corrected chi connectivity index (χ2v) is 9.51. The normalized spacial score (nSPS) is 19.3. The van der Waals surface area contributed by atoms with Crippen LogP contribution in [-0.4, -0.2) is 82.2 Å². The maximum absolute atomic E-state index is 13.8. The van der Waals surface area contributed by atoms with Crippen molar-refractivity contribution in [2.75, 3.05) is 54.7 Å². The Labute approximate surface area is 229 Å². The summed E-state index contributed by atoms with van der Waals surface area (Å²) < 4.78 is 27.2. The van der Waals surface area contributed by atoms with Crippen molar-refractivity contribution in [3.63, 3.8) is 0 Å². The van der Waals surface area contributed by atoms with E-state index in [1.54, 1.807) is 46.4 Å². The molecule has 2 atom stereocenters. The van der Waals surface area contributed by atoms with E-state index < -0.39 is 0 Å². The third-order valence-electron chi connectivity index (χ3n) is 7.17. The second kappa shape index (κ2) is 12.8. The van der Waals surface area contributed by atoms with Crippen LogP contribution >= 0.6 is 0 Å². The van der Waals surface area contributed by atoms with Gasteiger partial charge in [0.25, 0.3) is 5.91 Å². The summed E-state index contributed by atoms with van der Waals surface area (Å²) >= 11 is 0. The molecule has 2 heterocycles. The summed E-state index contributed by atoms with van der Waals surface area (Å²) in [5, 5.41) is 6.36. The minimum absolute atomic E-state index is 0.146. The number of esters is 1. The minimum Gasteiger partial charge on any atom is -0.497 e. The molecule has 2 aromatic carbocycles. The smallest absolute Gasteiger partial charge is 0.310 e. The molecule has 39 heavy (non-hydrogen) atoms. The lowest BCUT2D eigenvalue weighted by molar-refractivity contribution is -0.150. The van der Waals surface area contributed by atoms with Crippen molar-refractivity contribution in [2.45, 2.75) is 32.2 Å². The first-order valence-corrected chi connectivity index (χ1v) is 13.1. The molecule has 0 aliphatic carbocycles. The zero-order chi connectivity index (χ0) is 27.9. The van der Waals surface area contributed by atoms with Gasteiger partial charge in [-0.15, -0.1) is 0 Å². The topological polar surface area (TPSA) is 99.1 Å². The third kappa shape index (κ3) is 6.27. The van der Waals surface area contributed by atoms with Gasteiger partial charge in [-0.05, 0) is 56.6 Å². The molecule has 1 fully saturated rings. The van der Waals surface area contributed by atoms with Crippen LogP contribution < -0.4 is 18.9 Å². The van der Waals surface area contributed by atoms with Gasteiger partial charge in [-0.1, -0.05) is 0 Å². The Morgan fingerprint density at radius 1 is 0.949 bits per heavy atom. The number of carbonyl (C=O) groups excluding carboxylic acids is 2. The summed E-state index contributed by atoms with van der Waals surface area (Å²) in [6.07, 6.45) is 2.07. The van der Waals surface area contributed by atoms with Crippen molar-refractivity contribution in [2.24, 2.45) is 11.0 Å². The average Bonchev–Trinajstić information content (AvgIpc) is 3.42. The van der Waals surface area contributed by atoms with Gasteiger partial charge < -0.3 is 23.7 Å². The van der Waals surface area contributed by atoms with E-state index in [0.29, 0.717) is 42.6 Å². The lowest BCUT2D eigenvalue weighted by Gasteiger charge is -2.32. The molecule has 2 aromatic rings. The Kier molecular flexibility index (Phi) is 9.29. The highest BCUT2D eigenvalue weighted by atomic mass is 16.5. The molecule has 10 nitrogen and oxygen atoms in total. The molecule has 0 bridgehead atoms. The fraction of sp³-hybridized carbons (Fsp3) is 0.483. The fourth-order valence-corrected chi connectivity index (χ4v) is 5.18. The maximum Gasteiger partial charge on any atom is 0.310 e. The van der Waals surface area contributed by atoms with Crippen LogP contribution in [-0.2, 0) is 14.3 Å². The van der Waals surface area contributed by atoms with Crippen LogP contribution in [0.2, 0.25) is 0 Å². The monoisotopic (exact) mass is 539 g/mol. The van der Waals surface area contributed by atoms with E-state index in [9.17, 15) is 9.59 Å². The van der Waals surface area contributed by atoms with Gasteiger partial charge in [-0.3, -0.25) is 14.5 Å². The van der Waals surface area contributed by atoms with Crippen LogP contribution in [0.1, 0.15) is 43.4 Å². The highest BCUT2D eigenvalue weighted by Gasteiger charge is 2.37. The zero-order valence-corrected chi connectivity index (χ0v) is 23.3. The Morgan fingerprint density at radius 2 is 1.72 bits per heavy atom. The van der Waals surface area contributed by atoms with Crippen LogP contribution in [0, 0.1) is 5.92 Å². The number of hydrazone groups is 1.